The van der Waals surface area contributed by atoms with Gasteiger partial charge in [-0.15, -0.1) is 11.3 Å². The third-order valence-electron chi connectivity index (χ3n) is 3.58. The number of anilines is 1. The van der Waals surface area contributed by atoms with Crippen LogP contribution in [-0.2, 0) is 23.0 Å². The van der Waals surface area contributed by atoms with Crippen LogP contribution in [-0.4, -0.2) is 36.4 Å². The van der Waals surface area contributed by atoms with Crippen LogP contribution in [0.5, 0.6) is 0 Å². The van der Waals surface area contributed by atoms with Crippen LogP contribution in [0, 0.1) is 5.82 Å². The van der Waals surface area contributed by atoms with Gasteiger partial charge in [0.1, 0.15) is 5.82 Å². The number of sulfonamides is 1. The summed E-state index contributed by atoms with van der Waals surface area (Å²) in [4.78, 5) is 17.3. The number of hydrogen-bond donors (Lipinski definition) is 1. The molecule has 0 aliphatic carbocycles. The predicted molar refractivity (Wildman–Crippen MR) is 90.4 cm³/mol. The number of carbonyl (C=O) groups excluding carboxylic acids is 1. The molecule has 0 saturated carbocycles. The molecule has 0 unspecified atom stereocenters. The van der Waals surface area contributed by atoms with Crippen LogP contribution in [0.4, 0.5) is 9.52 Å². The van der Waals surface area contributed by atoms with Crippen LogP contribution in [0.2, 0.25) is 5.02 Å². The molecule has 1 aromatic carbocycles. The van der Waals surface area contributed by atoms with E-state index < -0.39 is 21.7 Å². The van der Waals surface area contributed by atoms with Crippen LogP contribution in [0.3, 0.4) is 0 Å². The lowest BCUT2D eigenvalue weighted by Crippen LogP contribution is -2.34. The molecular formula is C14H13ClFN3O3S2. The van der Waals surface area contributed by atoms with Gasteiger partial charge in [0.15, 0.2) is 5.13 Å². The van der Waals surface area contributed by atoms with Crippen molar-refractivity contribution in [1.82, 2.24) is 9.29 Å². The second-order valence-corrected chi connectivity index (χ2v) is 8.76. The Morgan fingerprint density at radius 1 is 1.46 bits per heavy atom. The molecule has 2 aromatic rings. The van der Waals surface area contributed by atoms with E-state index in [-0.39, 0.29) is 17.1 Å². The summed E-state index contributed by atoms with van der Waals surface area (Å²) in [6.45, 7) is 0.574. The Kier molecular flexibility index (Phi) is 4.60. The van der Waals surface area contributed by atoms with Gasteiger partial charge in [0.2, 0.25) is 10.0 Å². The highest BCUT2D eigenvalue weighted by atomic mass is 35.5. The van der Waals surface area contributed by atoms with Crippen molar-refractivity contribution in [2.24, 2.45) is 0 Å². The van der Waals surface area contributed by atoms with Gasteiger partial charge in [-0.1, -0.05) is 17.7 Å². The van der Waals surface area contributed by atoms with Crippen molar-refractivity contribution in [2.75, 3.05) is 18.1 Å². The Morgan fingerprint density at radius 2 is 2.21 bits per heavy atom. The molecule has 128 valence electrons. The van der Waals surface area contributed by atoms with E-state index in [4.69, 9.17) is 11.6 Å². The maximum absolute atomic E-state index is 13.8. The van der Waals surface area contributed by atoms with E-state index in [1.54, 1.807) is 0 Å². The molecule has 0 saturated heterocycles. The van der Waals surface area contributed by atoms with Crippen molar-refractivity contribution in [3.63, 3.8) is 0 Å². The van der Waals surface area contributed by atoms with Crippen LogP contribution in [0.1, 0.15) is 20.9 Å². The Balaban J connectivity index is 1.81. The number of thiazole rings is 1. The zero-order valence-corrected chi connectivity index (χ0v) is 14.9. The fraction of sp³-hybridized carbons (Fsp3) is 0.286. The van der Waals surface area contributed by atoms with Crippen LogP contribution in [0.15, 0.2) is 18.2 Å². The van der Waals surface area contributed by atoms with Crippen LogP contribution >= 0.6 is 22.9 Å². The molecule has 0 fully saturated rings. The lowest BCUT2D eigenvalue weighted by Gasteiger charge is -2.23. The second-order valence-electron chi connectivity index (χ2n) is 5.29. The first-order valence-corrected chi connectivity index (χ1v) is 9.99. The minimum absolute atomic E-state index is 0.0112. The summed E-state index contributed by atoms with van der Waals surface area (Å²) < 4.78 is 38.4. The molecule has 6 nitrogen and oxygen atoms in total. The minimum Gasteiger partial charge on any atom is -0.298 e. The number of nitrogens with one attached hydrogen (secondary N) is 1. The Bertz CT molecular complexity index is 894. The maximum atomic E-state index is 13.8. The van der Waals surface area contributed by atoms with Gasteiger partial charge < -0.3 is 0 Å². The predicted octanol–water partition coefficient (Wildman–Crippen LogP) is 2.51. The molecule has 24 heavy (non-hydrogen) atoms. The van der Waals surface area contributed by atoms with Gasteiger partial charge in [-0.2, -0.15) is 4.31 Å². The molecule has 1 amide bonds. The number of benzene rings is 1. The standard InChI is InChI=1S/C14H13ClFN3O3S2/c1-24(21,22)19-6-5-10-11(7-19)23-14(17-10)18-13(20)12-8(15)3-2-4-9(12)16/h2-4H,5-7H2,1H3,(H,17,18,20). The van der Waals surface area contributed by atoms with Crippen molar-refractivity contribution in [2.45, 2.75) is 13.0 Å². The van der Waals surface area contributed by atoms with E-state index in [1.807, 2.05) is 0 Å². The lowest BCUT2D eigenvalue weighted by molar-refractivity contribution is 0.102. The number of nitrogens with zero attached hydrogens (tertiary/aromatic N) is 2. The fourth-order valence-electron chi connectivity index (χ4n) is 2.38. The average Bonchev–Trinajstić information content (AvgIpc) is 2.87. The van der Waals surface area contributed by atoms with E-state index >= 15 is 0 Å². The van der Waals surface area contributed by atoms with Crippen LogP contribution in [0.25, 0.3) is 0 Å². The topological polar surface area (TPSA) is 79.4 Å². The molecule has 3 rings (SSSR count). The molecule has 1 aliphatic rings. The molecular weight excluding hydrogens is 377 g/mol. The zero-order valence-electron chi connectivity index (χ0n) is 12.5. The van der Waals surface area contributed by atoms with E-state index in [9.17, 15) is 17.6 Å². The summed E-state index contributed by atoms with van der Waals surface area (Å²) in [6.07, 6.45) is 1.62. The highest BCUT2D eigenvalue weighted by Gasteiger charge is 2.27. The zero-order chi connectivity index (χ0) is 17.5. The smallest absolute Gasteiger partial charge is 0.261 e. The van der Waals surface area contributed by atoms with Crippen molar-refractivity contribution in [3.05, 3.63) is 45.2 Å². The number of halogens is 2. The Labute approximate surface area is 147 Å². The molecule has 0 bridgehead atoms. The first-order valence-electron chi connectivity index (χ1n) is 6.95. The summed E-state index contributed by atoms with van der Waals surface area (Å²) in [7, 11) is -3.28. The number of aromatic nitrogens is 1. The number of hydrogen-bond acceptors (Lipinski definition) is 5. The van der Waals surface area contributed by atoms with Crippen molar-refractivity contribution >= 4 is 44.0 Å². The second kappa shape index (κ2) is 6.40. The molecule has 10 heteroatoms. The highest BCUT2D eigenvalue weighted by molar-refractivity contribution is 7.88. The number of rotatable bonds is 3. The highest BCUT2D eigenvalue weighted by Crippen LogP contribution is 2.30. The SMILES string of the molecule is CS(=O)(=O)N1CCc2nc(NC(=O)c3c(F)cccc3Cl)sc2C1. The molecule has 0 radical (unpaired) electrons. The normalized spacial score (nSPS) is 15.1. The van der Waals surface area contributed by atoms with E-state index in [0.29, 0.717) is 18.1 Å². The largest absolute Gasteiger partial charge is 0.298 e. The summed E-state index contributed by atoms with van der Waals surface area (Å²) in [5, 5.41) is 2.83. The summed E-state index contributed by atoms with van der Waals surface area (Å²) in [6, 6.07) is 3.99. The molecule has 1 aromatic heterocycles. The molecule has 2 heterocycles. The number of carbonyl (C=O) groups is 1. The van der Waals surface area contributed by atoms with Gasteiger partial charge in [-0.05, 0) is 12.1 Å². The van der Waals surface area contributed by atoms with Crippen molar-refractivity contribution in [1.29, 1.82) is 0 Å². The van der Waals surface area contributed by atoms with Gasteiger partial charge >= 0.3 is 0 Å². The first kappa shape index (κ1) is 17.3. The van der Waals surface area contributed by atoms with Gasteiger partial charge in [0, 0.05) is 24.4 Å². The summed E-state index contributed by atoms with van der Waals surface area (Å²) in [5.74, 6) is -1.41. The fourth-order valence-corrected chi connectivity index (χ4v) is 4.52. The van der Waals surface area contributed by atoms with Crippen LogP contribution < -0.4 is 5.32 Å². The summed E-state index contributed by atoms with van der Waals surface area (Å²) in [5.41, 5.74) is 0.500. The Hall–Kier alpha value is -1.55. The quantitative estimate of drug-likeness (QED) is 0.874. The van der Waals surface area contributed by atoms with Crippen molar-refractivity contribution < 1.29 is 17.6 Å². The van der Waals surface area contributed by atoms with E-state index in [1.165, 1.54) is 27.8 Å². The lowest BCUT2D eigenvalue weighted by atomic mass is 10.2. The Morgan fingerprint density at radius 3 is 2.88 bits per heavy atom. The molecule has 1 N–H and O–H groups in total. The third-order valence-corrected chi connectivity index (χ3v) is 6.14. The molecule has 1 aliphatic heterocycles. The molecule has 0 atom stereocenters. The number of fused-ring (bicyclic) bond motifs is 1. The minimum atomic E-state index is -3.28. The first-order chi connectivity index (χ1) is 11.3. The van der Waals surface area contributed by atoms with Gasteiger partial charge in [0.05, 0.1) is 22.5 Å². The summed E-state index contributed by atoms with van der Waals surface area (Å²) >= 11 is 7.04. The molecule has 0 spiro atoms. The monoisotopic (exact) mass is 389 g/mol. The maximum Gasteiger partial charge on any atom is 0.261 e. The van der Waals surface area contributed by atoms with Gasteiger partial charge in [-0.3, -0.25) is 10.1 Å². The average molecular weight is 390 g/mol. The van der Waals surface area contributed by atoms with Crippen molar-refractivity contribution in [3.8, 4) is 0 Å². The van der Waals surface area contributed by atoms with E-state index in [2.05, 4.69) is 10.3 Å². The van der Waals surface area contributed by atoms with Gasteiger partial charge in [-0.25, -0.2) is 17.8 Å². The number of amides is 1. The third kappa shape index (κ3) is 3.44. The van der Waals surface area contributed by atoms with Gasteiger partial charge in [0.25, 0.3) is 5.91 Å². The van der Waals surface area contributed by atoms with E-state index in [0.717, 1.165) is 22.9 Å².